The molecule has 5 nitrogen and oxygen atoms in total. The van der Waals surface area contributed by atoms with Crippen LogP contribution < -0.4 is 11.1 Å². The minimum atomic E-state index is -0.514. The Morgan fingerprint density at radius 3 is 3.11 bits per heavy atom. The van der Waals surface area contributed by atoms with Crippen LogP contribution in [0, 0.1) is 0 Å². The number of nitrogens with one attached hydrogen (secondary N) is 2. The fourth-order valence-electron chi connectivity index (χ4n) is 0.504. The van der Waals surface area contributed by atoms with Gasteiger partial charge in [0.1, 0.15) is 0 Å². The van der Waals surface area contributed by atoms with Gasteiger partial charge in [-0.15, -0.1) is 0 Å². The number of nitrogens with zero attached hydrogens (tertiary/aromatic N) is 1. The van der Waals surface area contributed by atoms with Crippen LogP contribution in [-0.4, -0.2) is 17.2 Å². The summed E-state index contributed by atoms with van der Waals surface area (Å²) in [6, 6.07) is 0. The van der Waals surface area contributed by atoms with E-state index in [1.54, 1.807) is 7.05 Å². The van der Waals surface area contributed by atoms with Crippen LogP contribution in [0.3, 0.4) is 0 Å². The fourth-order valence-corrected chi connectivity index (χ4v) is 0.504. The fraction of sp³-hybridized carbons (Fsp3) is 0.500. The lowest BCUT2D eigenvalue weighted by Gasteiger charge is -1.86. The van der Waals surface area contributed by atoms with Crippen molar-refractivity contribution in [2.24, 2.45) is 0 Å². The molecule has 50 valence electrons. The van der Waals surface area contributed by atoms with Gasteiger partial charge in [0, 0.05) is 0 Å². The number of hydrogen-bond donors (Lipinski definition) is 2. The molecule has 0 radical (unpaired) electrons. The summed E-state index contributed by atoms with van der Waals surface area (Å²) in [5.74, 6) is 0.00255. The summed E-state index contributed by atoms with van der Waals surface area (Å²) in [7, 11) is 1.76. The third-order valence-electron chi connectivity index (χ3n) is 0.829. The Balaban J connectivity index is 2.73. The van der Waals surface area contributed by atoms with Crippen molar-refractivity contribution < 1.29 is 4.52 Å². The summed E-state index contributed by atoms with van der Waals surface area (Å²) >= 11 is 0. The molecule has 0 amide bonds. The maximum Gasteiger partial charge on any atom is 0.438 e. The largest absolute Gasteiger partial charge is 0.438 e. The molecule has 0 spiro atoms. The zero-order valence-electron chi connectivity index (χ0n) is 4.97. The average Bonchev–Trinajstić information content (AvgIpc) is 2.17. The highest BCUT2D eigenvalue weighted by Crippen LogP contribution is 1.78. The molecule has 0 fully saturated rings. The minimum absolute atomic E-state index is 0.514. The molecule has 2 N–H and O–H groups in total. The quantitative estimate of drug-likeness (QED) is 0.542. The second-order valence-corrected chi connectivity index (χ2v) is 1.57. The van der Waals surface area contributed by atoms with E-state index in [0.717, 1.165) is 0 Å². The topological polar surface area (TPSA) is 70.9 Å². The normalized spacial score (nSPS) is 9.89. The Labute approximate surface area is 51.1 Å². The van der Waals surface area contributed by atoms with Crippen molar-refractivity contribution in [3.63, 3.8) is 0 Å². The second kappa shape index (κ2) is 2.45. The van der Waals surface area contributed by atoms with Gasteiger partial charge in [-0.25, -0.2) is 4.79 Å². The zero-order valence-corrected chi connectivity index (χ0v) is 4.97. The SMILES string of the molecule is CNCc1noc(=O)[nH]1. The van der Waals surface area contributed by atoms with Crippen molar-refractivity contribution in [3.8, 4) is 0 Å². The highest BCUT2D eigenvalue weighted by molar-refractivity contribution is 4.75. The van der Waals surface area contributed by atoms with Gasteiger partial charge in [0.2, 0.25) is 0 Å². The van der Waals surface area contributed by atoms with Gasteiger partial charge in [-0.1, -0.05) is 5.16 Å². The van der Waals surface area contributed by atoms with Crippen LogP contribution in [0.15, 0.2) is 9.32 Å². The molecule has 5 heteroatoms. The summed E-state index contributed by atoms with van der Waals surface area (Å²) < 4.78 is 4.22. The van der Waals surface area contributed by atoms with E-state index in [1.165, 1.54) is 0 Å². The number of aromatic nitrogens is 2. The predicted molar refractivity (Wildman–Crippen MR) is 29.9 cm³/mol. The predicted octanol–water partition coefficient (Wildman–Crippen LogP) is -0.918. The van der Waals surface area contributed by atoms with Crippen LogP contribution >= 0.6 is 0 Å². The smallest absolute Gasteiger partial charge is 0.313 e. The summed E-state index contributed by atoms with van der Waals surface area (Å²) in [6.45, 7) is 0.520. The molecule has 0 aliphatic carbocycles. The molecular weight excluding hydrogens is 122 g/mol. The Kier molecular flexibility index (Phi) is 1.64. The van der Waals surface area contributed by atoms with Gasteiger partial charge in [-0.2, -0.15) is 0 Å². The van der Waals surface area contributed by atoms with E-state index in [0.29, 0.717) is 12.4 Å². The van der Waals surface area contributed by atoms with Gasteiger partial charge in [-0.05, 0) is 7.05 Å². The van der Waals surface area contributed by atoms with Gasteiger partial charge in [0.25, 0.3) is 0 Å². The molecule has 0 atom stereocenters. The van der Waals surface area contributed by atoms with Crippen molar-refractivity contribution in [2.75, 3.05) is 7.05 Å². The number of rotatable bonds is 2. The summed E-state index contributed by atoms with van der Waals surface area (Å²) in [6.07, 6.45) is 0. The average molecular weight is 129 g/mol. The van der Waals surface area contributed by atoms with Gasteiger partial charge >= 0.3 is 5.76 Å². The molecule has 9 heavy (non-hydrogen) atoms. The molecular formula is C4H7N3O2. The molecule has 1 aromatic heterocycles. The third kappa shape index (κ3) is 1.39. The molecule has 1 rings (SSSR count). The van der Waals surface area contributed by atoms with E-state index in [2.05, 4.69) is 20.0 Å². The first-order chi connectivity index (χ1) is 4.33. The van der Waals surface area contributed by atoms with Gasteiger partial charge in [0.05, 0.1) is 6.54 Å². The molecule has 1 aromatic rings. The first-order valence-corrected chi connectivity index (χ1v) is 2.52. The molecule has 0 unspecified atom stereocenters. The molecule has 1 heterocycles. The van der Waals surface area contributed by atoms with Gasteiger partial charge in [0.15, 0.2) is 5.82 Å². The Hall–Kier alpha value is -1.10. The standard InChI is InChI=1S/C4H7N3O2/c1-5-2-3-6-4(8)9-7-3/h5H,2H2,1H3,(H,6,7,8). The molecule has 0 aromatic carbocycles. The zero-order chi connectivity index (χ0) is 6.69. The summed E-state index contributed by atoms with van der Waals surface area (Å²) in [5, 5.41) is 6.20. The van der Waals surface area contributed by atoms with Crippen LogP contribution in [0.4, 0.5) is 0 Å². The Morgan fingerprint density at radius 2 is 2.67 bits per heavy atom. The Morgan fingerprint density at radius 1 is 1.89 bits per heavy atom. The lowest BCUT2D eigenvalue weighted by molar-refractivity contribution is 0.380. The third-order valence-corrected chi connectivity index (χ3v) is 0.829. The number of aromatic amines is 1. The highest BCUT2D eigenvalue weighted by atomic mass is 16.5. The first kappa shape index (κ1) is 6.03. The lowest BCUT2D eigenvalue weighted by Crippen LogP contribution is -2.07. The number of hydrogen-bond acceptors (Lipinski definition) is 4. The van der Waals surface area contributed by atoms with Crippen LogP contribution in [0.25, 0.3) is 0 Å². The molecule has 0 saturated heterocycles. The highest BCUT2D eigenvalue weighted by Gasteiger charge is 1.95. The lowest BCUT2D eigenvalue weighted by atomic mass is 10.6. The van der Waals surface area contributed by atoms with E-state index in [1.807, 2.05) is 0 Å². The summed E-state index contributed by atoms with van der Waals surface area (Å²) in [5.41, 5.74) is 0. The minimum Gasteiger partial charge on any atom is -0.313 e. The van der Waals surface area contributed by atoms with E-state index in [-0.39, 0.29) is 0 Å². The van der Waals surface area contributed by atoms with Crippen LogP contribution in [0.2, 0.25) is 0 Å². The van der Waals surface area contributed by atoms with Crippen LogP contribution in [0.5, 0.6) is 0 Å². The van der Waals surface area contributed by atoms with E-state index in [9.17, 15) is 4.79 Å². The van der Waals surface area contributed by atoms with Crippen molar-refractivity contribution in [1.82, 2.24) is 15.5 Å². The maximum atomic E-state index is 10.3. The molecule has 0 aliphatic heterocycles. The first-order valence-electron chi connectivity index (χ1n) is 2.52. The molecule has 0 saturated carbocycles. The van der Waals surface area contributed by atoms with Crippen molar-refractivity contribution >= 4 is 0 Å². The maximum absolute atomic E-state index is 10.3. The molecule has 0 aliphatic rings. The van der Waals surface area contributed by atoms with Gasteiger partial charge < -0.3 is 5.32 Å². The Bertz CT molecular complexity index is 226. The monoisotopic (exact) mass is 129 g/mol. The van der Waals surface area contributed by atoms with Crippen molar-refractivity contribution in [3.05, 3.63) is 16.4 Å². The van der Waals surface area contributed by atoms with E-state index < -0.39 is 5.76 Å². The van der Waals surface area contributed by atoms with Crippen molar-refractivity contribution in [1.29, 1.82) is 0 Å². The van der Waals surface area contributed by atoms with Gasteiger partial charge in [-0.3, -0.25) is 9.51 Å². The van der Waals surface area contributed by atoms with E-state index in [4.69, 9.17) is 0 Å². The molecule has 0 bridgehead atoms. The van der Waals surface area contributed by atoms with Crippen LogP contribution in [0.1, 0.15) is 5.82 Å². The number of H-pyrrole nitrogens is 1. The summed E-state index contributed by atoms with van der Waals surface area (Å²) in [4.78, 5) is 12.6. The van der Waals surface area contributed by atoms with E-state index >= 15 is 0 Å². The second-order valence-electron chi connectivity index (χ2n) is 1.57. The van der Waals surface area contributed by atoms with Crippen LogP contribution in [-0.2, 0) is 6.54 Å². The van der Waals surface area contributed by atoms with Crippen molar-refractivity contribution in [2.45, 2.75) is 6.54 Å².